The average Bonchev–Trinajstić information content (AvgIpc) is 2.96. The van der Waals surface area contributed by atoms with Gasteiger partial charge in [-0.1, -0.05) is 24.3 Å². The Balaban J connectivity index is 1.73. The maximum Gasteiger partial charge on any atom is 0.211 e. The molecule has 0 spiro atoms. The molecule has 1 aliphatic heterocycles. The third kappa shape index (κ3) is 3.13. The Morgan fingerprint density at radius 1 is 1.40 bits per heavy atom. The van der Waals surface area contributed by atoms with E-state index in [4.69, 9.17) is 4.98 Å². The van der Waals surface area contributed by atoms with Crippen LogP contribution in [0.25, 0.3) is 0 Å². The first-order valence-electron chi connectivity index (χ1n) is 7.12. The van der Waals surface area contributed by atoms with E-state index in [1.807, 2.05) is 6.07 Å². The van der Waals surface area contributed by atoms with Crippen LogP contribution >= 0.6 is 11.3 Å². The van der Waals surface area contributed by atoms with Crippen LogP contribution in [0.4, 0.5) is 10.9 Å². The quantitative estimate of drug-likeness (QED) is 0.906. The fraction of sp³-hybridized carbons (Fsp3) is 0.500. The van der Waals surface area contributed by atoms with E-state index >= 15 is 0 Å². The zero-order valence-corrected chi connectivity index (χ0v) is 12.4. The zero-order chi connectivity index (χ0) is 13.8. The number of anilines is 2. The summed E-state index contributed by atoms with van der Waals surface area (Å²) in [5.74, 6) is 1.37. The molecule has 1 fully saturated rings. The summed E-state index contributed by atoms with van der Waals surface area (Å²) < 4.78 is 0. The second-order valence-corrected chi connectivity index (χ2v) is 6.03. The Bertz CT molecular complexity index is 562. The molecule has 1 saturated heterocycles. The fourth-order valence-electron chi connectivity index (χ4n) is 2.41. The number of hydrogen-bond acceptors (Lipinski definition) is 6. The van der Waals surface area contributed by atoms with E-state index in [2.05, 4.69) is 39.9 Å². The average molecular weight is 289 g/mol. The normalized spacial score (nSPS) is 18.9. The molecule has 20 heavy (non-hydrogen) atoms. The van der Waals surface area contributed by atoms with Crippen LogP contribution in [0.1, 0.15) is 36.4 Å². The number of aromatic nitrogens is 3. The summed E-state index contributed by atoms with van der Waals surface area (Å²) in [6.07, 6.45) is 3.35. The van der Waals surface area contributed by atoms with Crippen molar-refractivity contribution in [3.63, 3.8) is 0 Å². The van der Waals surface area contributed by atoms with E-state index in [0.717, 1.165) is 41.2 Å². The first-order valence-corrected chi connectivity index (χ1v) is 7.94. The van der Waals surface area contributed by atoms with Gasteiger partial charge in [-0.25, -0.2) is 4.98 Å². The number of piperidine rings is 1. The van der Waals surface area contributed by atoms with Crippen LogP contribution in [0, 0.1) is 0 Å². The Morgan fingerprint density at radius 3 is 3.10 bits per heavy atom. The highest BCUT2D eigenvalue weighted by Gasteiger charge is 2.16. The van der Waals surface area contributed by atoms with Gasteiger partial charge in [0, 0.05) is 18.2 Å². The van der Waals surface area contributed by atoms with Crippen LogP contribution in [0.15, 0.2) is 18.2 Å². The molecule has 2 aromatic heterocycles. The molecule has 3 rings (SSSR count). The van der Waals surface area contributed by atoms with Crippen molar-refractivity contribution in [1.82, 2.24) is 20.5 Å². The number of nitrogens with one attached hydrogen (secondary N) is 2. The third-order valence-electron chi connectivity index (χ3n) is 3.49. The molecule has 0 saturated carbocycles. The van der Waals surface area contributed by atoms with Crippen molar-refractivity contribution in [2.75, 3.05) is 18.4 Å². The first kappa shape index (κ1) is 13.5. The highest BCUT2D eigenvalue weighted by Crippen LogP contribution is 2.24. The Labute approximate surface area is 122 Å². The standard InChI is InChI=1S/C14H19N5S/c1-2-13-18-19-14(20-13)17-12-7-3-6-11(16-12)10-5-4-8-15-9-10/h3,6-7,10,15H,2,4-5,8-9H2,1H3,(H,16,17,19). The molecule has 6 heteroatoms. The zero-order valence-electron chi connectivity index (χ0n) is 11.6. The second-order valence-electron chi connectivity index (χ2n) is 4.97. The SMILES string of the molecule is CCc1nnc(Nc2cccc(C3CCCNC3)n2)s1. The summed E-state index contributed by atoms with van der Waals surface area (Å²) in [5.41, 5.74) is 1.16. The van der Waals surface area contributed by atoms with Crippen molar-refractivity contribution in [2.45, 2.75) is 32.1 Å². The van der Waals surface area contributed by atoms with Gasteiger partial charge in [-0.3, -0.25) is 0 Å². The van der Waals surface area contributed by atoms with Gasteiger partial charge in [0.1, 0.15) is 10.8 Å². The van der Waals surface area contributed by atoms with Crippen molar-refractivity contribution < 1.29 is 0 Å². The van der Waals surface area contributed by atoms with Gasteiger partial charge in [0.15, 0.2) is 0 Å². The summed E-state index contributed by atoms with van der Waals surface area (Å²) in [6.45, 7) is 4.23. The van der Waals surface area contributed by atoms with Crippen LogP contribution in [0.2, 0.25) is 0 Å². The van der Waals surface area contributed by atoms with Crippen molar-refractivity contribution in [3.8, 4) is 0 Å². The van der Waals surface area contributed by atoms with Gasteiger partial charge in [0.2, 0.25) is 5.13 Å². The number of pyridine rings is 1. The molecule has 1 unspecified atom stereocenters. The minimum atomic E-state index is 0.520. The van der Waals surface area contributed by atoms with E-state index < -0.39 is 0 Å². The molecule has 0 amide bonds. The fourth-order valence-corrected chi connectivity index (χ4v) is 3.10. The minimum Gasteiger partial charge on any atom is -0.316 e. The molecule has 1 atom stereocenters. The van der Waals surface area contributed by atoms with E-state index in [9.17, 15) is 0 Å². The van der Waals surface area contributed by atoms with Crippen molar-refractivity contribution in [3.05, 3.63) is 28.9 Å². The Kier molecular flexibility index (Phi) is 4.22. The molecule has 0 aliphatic carbocycles. The van der Waals surface area contributed by atoms with Crippen molar-refractivity contribution >= 4 is 22.3 Å². The van der Waals surface area contributed by atoms with Crippen LogP contribution in [0.5, 0.6) is 0 Å². The number of hydrogen-bond donors (Lipinski definition) is 2. The molecule has 2 aromatic rings. The molecule has 0 bridgehead atoms. The number of nitrogens with zero attached hydrogens (tertiary/aromatic N) is 3. The van der Waals surface area contributed by atoms with E-state index in [1.54, 1.807) is 11.3 Å². The highest BCUT2D eigenvalue weighted by molar-refractivity contribution is 7.15. The minimum absolute atomic E-state index is 0.520. The Morgan fingerprint density at radius 2 is 2.35 bits per heavy atom. The predicted octanol–water partition coefficient (Wildman–Crippen LogP) is 2.71. The summed E-state index contributed by atoms with van der Waals surface area (Å²) in [7, 11) is 0. The summed E-state index contributed by atoms with van der Waals surface area (Å²) in [6, 6.07) is 6.15. The monoisotopic (exact) mass is 289 g/mol. The second kappa shape index (κ2) is 6.28. The maximum atomic E-state index is 4.71. The van der Waals surface area contributed by atoms with Gasteiger partial charge in [0.05, 0.1) is 0 Å². The van der Waals surface area contributed by atoms with Gasteiger partial charge in [-0.2, -0.15) is 0 Å². The van der Waals surface area contributed by atoms with E-state index in [1.165, 1.54) is 12.8 Å². The Hall–Kier alpha value is -1.53. The topological polar surface area (TPSA) is 62.7 Å². The third-order valence-corrected chi connectivity index (χ3v) is 4.47. The molecule has 0 radical (unpaired) electrons. The van der Waals surface area contributed by atoms with Crippen LogP contribution < -0.4 is 10.6 Å². The van der Waals surface area contributed by atoms with Gasteiger partial charge >= 0.3 is 0 Å². The number of aryl methyl sites for hydroxylation is 1. The molecule has 106 valence electrons. The molecule has 2 N–H and O–H groups in total. The van der Waals surface area contributed by atoms with Crippen LogP contribution in [-0.4, -0.2) is 28.3 Å². The first-order chi connectivity index (χ1) is 9.85. The summed E-state index contributed by atoms with van der Waals surface area (Å²) in [5, 5.41) is 16.8. The smallest absolute Gasteiger partial charge is 0.211 e. The lowest BCUT2D eigenvalue weighted by Crippen LogP contribution is -2.28. The summed E-state index contributed by atoms with van der Waals surface area (Å²) >= 11 is 1.58. The van der Waals surface area contributed by atoms with Crippen molar-refractivity contribution in [1.29, 1.82) is 0 Å². The predicted molar refractivity (Wildman–Crippen MR) is 81.7 cm³/mol. The lowest BCUT2D eigenvalue weighted by molar-refractivity contribution is 0.455. The van der Waals surface area contributed by atoms with E-state index in [0.29, 0.717) is 5.92 Å². The molecular formula is C14H19N5S. The maximum absolute atomic E-state index is 4.71. The highest BCUT2D eigenvalue weighted by atomic mass is 32.1. The van der Waals surface area contributed by atoms with Gasteiger partial charge in [-0.05, 0) is 37.9 Å². The van der Waals surface area contributed by atoms with Gasteiger partial charge < -0.3 is 10.6 Å². The lowest BCUT2D eigenvalue weighted by atomic mass is 9.96. The number of rotatable bonds is 4. The molecular weight excluding hydrogens is 270 g/mol. The molecule has 0 aromatic carbocycles. The van der Waals surface area contributed by atoms with Crippen molar-refractivity contribution in [2.24, 2.45) is 0 Å². The van der Waals surface area contributed by atoms with Gasteiger partial charge in [0.25, 0.3) is 0 Å². The van der Waals surface area contributed by atoms with E-state index in [-0.39, 0.29) is 0 Å². The molecule has 5 nitrogen and oxygen atoms in total. The molecule has 3 heterocycles. The molecule has 1 aliphatic rings. The summed E-state index contributed by atoms with van der Waals surface area (Å²) in [4.78, 5) is 4.71. The lowest BCUT2D eigenvalue weighted by Gasteiger charge is -2.22. The largest absolute Gasteiger partial charge is 0.316 e. The van der Waals surface area contributed by atoms with Gasteiger partial charge in [-0.15, -0.1) is 10.2 Å². The van der Waals surface area contributed by atoms with Crippen LogP contribution in [-0.2, 0) is 6.42 Å². The van der Waals surface area contributed by atoms with Crippen LogP contribution in [0.3, 0.4) is 0 Å².